The molecule has 0 bridgehead atoms. The standard InChI is InChI=1S/C8H10FNO/c1-6-2-3-7(5-10-6)4-8(9)11/h2-3,5,8,11H,4H2,1H3. The molecule has 1 aromatic rings. The molecule has 1 atom stereocenters. The highest BCUT2D eigenvalue weighted by Crippen LogP contribution is 2.03. The molecular weight excluding hydrogens is 145 g/mol. The van der Waals surface area contributed by atoms with Gasteiger partial charge in [-0.2, -0.15) is 0 Å². The van der Waals surface area contributed by atoms with E-state index in [9.17, 15) is 4.39 Å². The zero-order chi connectivity index (χ0) is 8.27. The van der Waals surface area contributed by atoms with E-state index in [2.05, 4.69) is 4.98 Å². The molecule has 0 saturated carbocycles. The first-order chi connectivity index (χ1) is 5.18. The third-order valence-electron chi connectivity index (χ3n) is 1.38. The third kappa shape index (κ3) is 2.63. The summed E-state index contributed by atoms with van der Waals surface area (Å²) in [5.74, 6) is 0. The van der Waals surface area contributed by atoms with Gasteiger partial charge < -0.3 is 5.11 Å². The highest BCUT2D eigenvalue weighted by molar-refractivity contribution is 5.13. The quantitative estimate of drug-likeness (QED) is 0.696. The summed E-state index contributed by atoms with van der Waals surface area (Å²) in [6.07, 6.45) is -0.190. The maximum atomic E-state index is 12.0. The van der Waals surface area contributed by atoms with E-state index in [1.165, 1.54) is 0 Å². The molecule has 1 rings (SSSR count). The summed E-state index contributed by atoms with van der Waals surface area (Å²) in [5, 5.41) is 8.38. The first-order valence-corrected chi connectivity index (χ1v) is 3.42. The molecule has 60 valence electrons. The summed E-state index contributed by atoms with van der Waals surface area (Å²) in [6, 6.07) is 3.54. The Kier molecular flexibility index (Phi) is 2.54. The van der Waals surface area contributed by atoms with Crippen LogP contribution in [0.4, 0.5) is 4.39 Å². The first-order valence-electron chi connectivity index (χ1n) is 3.42. The monoisotopic (exact) mass is 155 g/mol. The summed E-state index contributed by atoms with van der Waals surface area (Å²) in [4.78, 5) is 3.95. The summed E-state index contributed by atoms with van der Waals surface area (Å²) < 4.78 is 12.0. The van der Waals surface area contributed by atoms with Crippen LogP contribution in [0.1, 0.15) is 11.3 Å². The lowest BCUT2D eigenvalue weighted by Crippen LogP contribution is -2.02. The molecular formula is C8H10FNO. The smallest absolute Gasteiger partial charge is 0.200 e. The van der Waals surface area contributed by atoms with Crippen molar-refractivity contribution in [1.29, 1.82) is 0 Å². The minimum absolute atomic E-state index is 0.0211. The normalized spacial score (nSPS) is 13.0. The number of alkyl halides is 1. The van der Waals surface area contributed by atoms with Gasteiger partial charge in [0.25, 0.3) is 0 Å². The van der Waals surface area contributed by atoms with E-state index >= 15 is 0 Å². The molecule has 1 aromatic heterocycles. The molecule has 0 amide bonds. The highest BCUT2D eigenvalue weighted by Gasteiger charge is 2.01. The van der Waals surface area contributed by atoms with Crippen LogP contribution in [0.15, 0.2) is 18.3 Å². The van der Waals surface area contributed by atoms with Gasteiger partial charge >= 0.3 is 0 Å². The molecule has 2 nitrogen and oxygen atoms in total. The molecule has 0 aliphatic heterocycles. The first kappa shape index (κ1) is 8.14. The Morgan fingerprint density at radius 1 is 1.64 bits per heavy atom. The highest BCUT2D eigenvalue weighted by atomic mass is 19.1. The number of halogens is 1. The van der Waals surface area contributed by atoms with E-state index in [-0.39, 0.29) is 6.42 Å². The maximum absolute atomic E-state index is 12.0. The van der Waals surface area contributed by atoms with Gasteiger partial charge in [0.15, 0.2) is 6.36 Å². The second-order valence-electron chi connectivity index (χ2n) is 2.45. The van der Waals surface area contributed by atoms with E-state index < -0.39 is 6.36 Å². The molecule has 0 spiro atoms. The minimum atomic E-state index is -1.78. The fourth-order valence-corrected chi connectivity index (χ4v) is 0.814. The van der Waals surface area contributed by atoms with Crippen LogP contribution in [0.5, 0.6) is 0 Å². The van der Waals surface area contributed by atoms with Crippen LogP contribution < -0.4 is 0 Å². The Bertz CT molecular complexity index is 220. The lowest BCUT2D eigenvalue weighted by molar-refractivity contribution is 0.0429. The SMILES string of the molecule is Cc1ccc(CC(O)F)cn1. The zero-order valence-electron chi connectivity index (χ0n) is 6.29. The van der Waals surface area contributed by atoms with Crippen LogP contribution in [0.3, 0.4) is 0 Å². The second-order valence-corrected chi connectivity index (χ2v) is 2.45. The molecule has 0 fully saturated rings. The Balaban J connectivity index is 2.66. The molecule has 1 N–H and O–H groups in total. The van der Waals surface area contributed by atoms with Gasteiger partial charge in [0, 0.05) is 18.3 Å². The van der Waals surface area contributed by atoms with Crippen LogP contribution in [0, 0.1) is 6.92 Å². The summed E-state index contributed by atoms with van der Waals surface area (Å²) >= 11 is 0. The number of aromatic nitrogens is 1. The number of hydrogen-bond donors (Lipinski definition) is 1. The lowest BCUT2D eigenvalue weighted by atomic mass is 10.2. The molecule has 0 aliphatic carbocycles. The van der Waals surface area contributed by atoms with Crippen LogP contribution in [0.25, 0.3) is 0 Å². The van der Waals surface area contributed by atoms with E-state index in [1.54, 1.807) is 18.3 Å². The Morgan fingerprint density at radius 3 is 2.82 bits per heavy atom. The topological polar surface area (TPSA) is 33.1 Å². The number of aryl methyl sites for hydroxylation is 1. The van der Waals surface area contributed by atoms with Gasteiger partial charge in [-0.3, -0.25) is 4.98 Å². The average molecular weight is 155 g/mol. The number of pyridine rings is 1. The third-order valence-corrected chi connectivity index (χ3v) is 1.38. The van der Waals surface area contributed by atoms with Crippen molar-refractivity contribution in [3.63, 3.8) is 0 Å². The van der Waals surface area contributed by atoms with E-state index in [0.29, 0.717) is 5.56 Å². The van der Waals surface area contributed by atoms with Gasteiger partial charge in [0.1, 0.15) is 0 Å². The summed E-state index contributed by atoms with van der Waals surface area (Å²) in [7, 11) is 0. The molecule has 0 aliphatic rings. The lowest BCUT2D eigenvalue weighted by Gasteiger charge is -2.00. The van der Waals surface area contributed by atoms with E-state index in [0.717, 1.165) is 5.69 Å². The zero-order valence-corrected chi connectivity index (χ0v) is 6.29. The van der Waals surface area contributed by atoms with Gasteiger partial charge in [-0.05, 0) is 18.6 Å². The largest absolute Gasteiger partial charge is 0.364 e. The number of aliphatic hydroxyl groups excluding tert-OH is 1. The molecule has 11 heavy (non-hydrogen) atoms. The molecule has 0 radical (unpaired) electrons. The second kappa shape index (κ2) is 3.44. The number of rotatable bonds is 2. The number of nitrogens with zero attached hydrogens (tertiary/aromatic N) is 1. The fraction of sp³-hybridized carbons (Fsp3) is 0.375. The predicted octanol–water partition coefficient (Wildman–Crippen LogP) is 1.22. The summed E-state index contributed by atoms with van der Waals surface area (Å²) in [6.45, 7) is 1.86. The number of hydrogen-bond acceptors (Lipinski definition) is 2. The van der Waals surface area contributed by atoms with Gasteiger partial charge in [-0.25, -0.2) is 4.39 Å². The van der Waals surface area contributed by atoms with Crippen molar-refractivity contribution in [2.75, 3.05) is 0 Å². The maximum Gasteiger partial charge on any atom is 0.200 e. The van der Waals surface area contributed by atoms with Crippen LogP contribution in [-0.2, 0) is 6.42 Å². The number of aliphatic hydroxyl groups is 1. The van der Waals surface area contributed by atoms with Crippen molar-refractivity contribution < 1.29 is 9.50 Å². The van der Waals surface area contributed by atoms with Crippen LogP contribution in [-0.4, -0.2) is 16.4 Å². The molecule has 1 heterocycles. The Hall–Kier alpha value is -0.960. The van der Waals surface area contributed by atoms with Crippen molar-refractivity contribution in [2.24, 2.45) is 0 Å². The Labute approximate surface area is 64.7 Å². The van der Waals surface area contributed by atoms with Crippen molar-refractivity contribution in [3.8, 4) is 0 Å². The van der Waals surface area contributed by atoms with Gasteiger partial charge in [0.05, 0.1) is 0 Å². The van der Waals surface area contributed by atoms with Crippen LogP contribution >= 0.6 is 0 Å². The van der Waals surface area contributed by atoms with Gasteiger partial charge in [-0.15, -0.1) is 0 Å². The average Bonchev–Trinajstić information content (AvgIpc) is 1.93. The van der Waals surface area contributed by atoms with E-state index in [4.69, 9.17) is 5.11 Å². The molecule has 3 heteroatoms. The van der Waals surface area contributed by atoms with Crippen molar-refractivity contribution in [3.05, 3.63) is 29.6 Å². The Morgan fingerprint density at radius 2 is 2.36 bits per heavy atom. The van der Waals surface area contributed by atoms with Crippen molar-refractivity contribution >= 4 is 0 Å². The van der Waals surface area contributed by atoms with E-state index in [1.807, 2.05) is 6.92 Å². The summed E-state index contributed by atoms with van der Waals surface area (Å²) in [5.41, 5.74) is 1.60. The van der Waals surface area contributed by atoms with Gasteiger partial charge in [-0.1, -0.05) is 6.07 Å². The van der Waals surface area contributed by atoms with Crippen molar-refractivity contribution in [2.45, 2.75) is 19.7 Å². The molecule has 0 aromatic carbocycles. The predicted molar refractivity (Wildman–Crippen MR) is 39.8 cm³/mol. The molecule has 0 saturated heterocycles. The van der Waals surface area contributed by atoms with Crippen molar-refractivity contribution in [1.82, 2.24) is 4.98 Å². The molecule has 1 unspecified atom stereocenters. The van der Waals surface area contributed by atoms with Gasteiger partial charge in [0.2, 0.25) is 0 Å². The minimum Gasteiger partial charge on any atom is -0.364 e. The van der Waals surface area contributed by atoms with Crippen LogP contribution in [0.2, 0.25) is 0 Å². The fourth-order valence-electron chi connectivity index (χ4n) is 0.814.